The molecule has 2 aliphatic carbocycles. The molecule has 0 bridgehead atoms. The molecule has 1 heterocycles. The summed E-state index contributed by atoms with van der Waals surface area (Å²) in [4.78, 5) is 14.4. The highest BCUT2D eigenvalue weighted by molar-refractivity contribution is 5.78. The molecule has 0 radical (unpaired) electrons. The van der Waals surface area contributed by atoms with Crippen LogP contribution in [0.15, 0.2) is 0 Å². The average Bonchev–Trinajstić information content (AvgIpc) is 2.85. The van der Waals surface area contributed by atoms with Crippen molar-refractivity contribution in [2.45, 2.75) is 57.4 Å². The van der Waals surface area contributed by atoms with E-state index in [-0.39, 0.29) is 5.91 Å². The number of rotatable bonds is 5. The van der Waals surface area contributed by atoms with Gasteiger partial charge in [0.1, 0.15) is 0 Å². The highest BCUT2D eigenvalue weighted by Crippen LogP contribution is 2.35. The summed E-state index contributed by atoms with van der Waals surface area (Å²) in [6, 6.07) is 0.708. The molecule has 1 saturated heterocycles. The minimum absolute atomic E-state index is 0.256. The van der Waals surface area contributed by atoms with E-state index in [4.69, 9.17) is 0 Å². The van der Waals surface area contributed by atoms with Gasteiger partial charge in [0, 0.05) is 12.6 Å². The van der Waals surface area contributed by atoms with Crippen molar-refractivity contribution in [2.24, 2.45) is 11.8 Å². The molecule has 3 nitrogen and oxygen atoms in total. The summed E-state index contributed by atoms with van der Waals surface area (Å²) >= 11 is 0. The molecular formula is C15H26N2O. The first-order valence-corrected chi connectivity index (χ1v) is 7.83. The molecule has 3 fully saturated rings. The van der Waals surface area contributed by atoms with Gasteiger partial charge in [0.2, 0.25) is 5.91 Å². The molecule has 0 aromatic heterocycles. The molecule has 2 saturated carbocycles. The quantitative estimate of drug-likeness (QED) is 0.811. The predicted octanol–water partition coefficient (Wildman–Crippen LogP) is 2.17. The van der Waals surface area contributed by atoms with E-state index < -0.39 is 0 Å². The van der Waals surface area contributed by atoms with Crippen LogP contribution in [0, 0.1) is 11.8 Å². The Labute approximate surface area is 110 Å². The third-order valence-electron chi connectivity index (χ3n) is 4.99. The second-order valence-corrected chi connectivity index (χ2v) is 6.47. The highest BCUT2D eigenvalue weighted by Gasteiger charge is 2.34. The number of carbonyl (C=O) groups is 1. The summed E-state index contributed by atoms with van der Waals surface area (Å²) in [7, 11) is 0. The van der Waals surface area contributed by atoms with Crippen LogP contribution < -0.4 is 5.32 Å². The number of nitrogens with zero attached hydrogens (tertiary/aromatic N) is 1. The monoisotopic (exact) mass is 250 g/mol. The summed E-state index contributed by atoms with van der Waals surface area (Å²) in [5, 5.41) is 3.10. The minimum atomic E-state index is 0.256. The number of nitrogens with one attached hydrogen (secondary N) is 1. The highest BCUT2D eigenvalue weighted by atomic mass is 16.2. The first-order chi connectivity index (χ1) is 8.83. The third-order valence-corrected chi connectivity index (χ3v) is 4.99. The Bertz CT molecular complexity index is 295. The van der Waals surface area contributed by atoms with Gasteiger partial charge in [-0.2, -0.15) is 0 Å². The smallest absolute Gasteiger partial charge is 0.234 e. The van der Waals surface area contributed by atoms with Crippen LogP contribution in [0.25, 0.3) is 0 Å². The van der Waals surface area contributed by atoms with Crippen LogP contribution in [0.5, 0.6) is 0 Å². The molecule has 0 unspecified atom stereocenters. The first kappa shape index (κ1) is 12.5. The molecule has 3 aliphatic rings. The van der Waals surface area contributed by atoms with Gasteiger partial charge in [0.05, 0.1) is 6.54 Å². The SMILES string of the molecule is O=C(CN1CCC[C@@H]1C1CCCC1)NCC1CC1. The lowest BCUT2D eigenvalue weighted by Gasteiger charge is -2.28. The summed E-state index contributed by atoms with van der Waals surface area (Å²) in [6.45, 7) is 2.70. The maximum absolute atomic E-state index is 11.9. The van der Waals surface area contributed by atoms with E-state index in [1.807, 2.05) is 0 Å². The largest absolute Gasteiger partial charge is 0.355 e. The van der Waals surface area contributed by atoms with Gasteiger partial charge in [-0.15, -0.1) is 0 Å². The Kier molecular flexibility index (Phi) is 3.88. The molecule has 0 spiro atoms. The van der Waals surface area contributed by atoms with Crippen LogP contribution in [-0.4, -0.2) is 36.5 Å². The average molecular weight is 250 g/mol. The molecule has 18 heavy (non-hydrogen) atoms. The first-order valence-electron chi connectivity index (χ1n) is 7.83. The van der Waals surface area contributed by atoms with Crippen molar-refractivity contribution < 1.29 is 4.79 Å². The molecule has 1 amide bonds. The van der Waals surface area contributed by atoms with Crippen LogP contribution in [0.4, 0.5) is 0 Å². The fraction of sp³-hybridized carbons (Fsp3) is 0.933. The molecule has 1 N–H and O–H groups in total. The summed E-state index contributed by atoms with van der Waals surface area (Å²) < 4.78 is 0. The van der Waals surface area contributed by atoms with Crippen LogP contribution in [0.1, 0.15) is 51.4 Å². The normalized spacial score (nSPS) is 29.9. The van der Waals surface area contributed by atoms with Crippen molar-refractivity contribution in [3.8, 4) is 0 Å². The standard InChI is InChI=1S/C15H26N2O/c18-15(16-10-12-7-8-12)11-17-9-3-6-14(17)13-4-1-2-5-13/h12-14H,1-11H2,(H,16,18)/t14-/m1/s1. The minimum Gasteiger partial charge on any atom is -0.355 e. The molecule has 1 aliphatic heterocycles. The summed E-state index contributed by atoms with van der Waals surface area (Å²) in [5.41, 5.74) is 0. The molecule has 3 heteroatoms. The van der Waals surface area contributed by atoms with Crippen molar-refractivity contribution in [3.05, 3.63) is 0 Å². The van der Waals surface area contributed by atoms with Gasteiger partial charge in [-0.05, 0) is 56.9 Å². The van der Waals surface area contributed by atoms with E-state index in [9.17, 15) is 4.79 Å². The topological polar surface area (TPSA) is 32.3 Å². The van der Waals surface area contributed by atoms with Gasteiger partial charge < -0.3 is 5.32 Å². The number of carbonyl (C=O) groups excluding carboxylic acids is 1. The van der Waals surface area contributed by atoms with E-state index in [1.165, 1.54) is 51.4 Å². The molecule has 3 rings (SSSR count). The lowest BCUT2D eigenvalue weighted by molar-refractivity contribution is -0.122. The van der Waals surface area contributed by atoms with Crippen molar-refractivity contribution in [1.82, 2.24) is 10.2 Å². The van der Waals surface area contributed by atoms with E-state index in [1.54, 1.807) is 0 Å². The molecular weight excluding hydrogens is 224 g/mol. The summed E-state index contributed by atoms with van der Waals surface area (Å²) in [5.74, 6) is 1.92. The van der Waals surface area contributed by atoms with Gasteiger partial charge in [0.25, 0.3) is 0 Å². The van der Waals surface area contributed by atoms with Gasteiger partial charge >= 0.3 is 0 Å². The number of amides is 1. The van der Waals surface area contributed by atoms with E-state index in [0.717, 1.165) is 24.9 Å². The Morgan fingerprint density at radius 1 is 1.06 bits per heavy atom. The van der Waals surface area contributed by atoms with Gasteiger partial charge in [-0.25, -0.2) is 0 Å². The predicted molar refractivity (Wildman–Crippen MR) is 72.3 cm³/mol. The molecule has 0 aromatic carbocycles. The van der Waals surface area contributed by atoms with Crippen LogP contribution in [0.3, 0.4) is 0 Å². The van der Waals surface area contributed by atoms with Crippen LogP contribution in [-0.2, 0) is 4.79 Å². The third kappa shape index (κ3) is 3.05. The molecule has 1 atom stereocenters. The van der Waals surface area contributed by atoms with Crippen molar-refractivity contribution >= 4 is 5.91 Å². The lowest BCUT2D eigenvalue weighted by Crippen LogP contribution is -2.42. The van der Waals surface area contributed by atoms with E-state index >= 15 is 0 Å². The van der Waals surface area contributed by atoms with E-state index in [0.29, 0.717) is 12.6 Å². The van der Waals surface area contributed by atoms with Gasteiger partial charge in [-0.3, -0.25) is 9.69 Å². The molecule has 0 aromatic rings. The fourth-order valence-electron chi connectivity index (χ4n) is 3.74. The van der Waals surface area contributed by atoms with Gasteiger partial charge in [0.15, 0.2) is 0 Å². The second kappa shape index (κ2) is 5.60. The van der Waals surface area contributed by atoms with Crippen molar-refractivity contribution in [1.29, 1.82) is 0 Å². The Morgan fingerprint density at radius 2 is 1.83 bits per heavy atom. The van der Waals surface area contributed by atoms with Crippen molar-refractivity contribution in [3.63, 3.8) is 0 Å². The van der Waals surface area contributed by atoms with E-state index in [2.05, 4.69) is 10.2 Å². The summed E-state index contributed by atoms with van der Waals surface area (Å²) in [6.07, 6.45) is 10.8. The Hall–Kier alpha value is -0.570. The molecule has 102 valence electrons. The zero-order chi connectivity index (χ0) is 12.4. The van der Waals surface area contributed by atoms with Crippen LogP contribution in [0.2, 0.25) is 0 Å². The zero-order valence-electron chi connectivity index (χ0n) is 11.4. The number of hydrogen-bond donors (Lipinski definition) is 1. The second-order valence-electron chi connectivity index (χ2n) is 6.47. The zero-order valence-corrected chi connectivity index (χ0v) is 11.4. The fourth-order valence-corrected chi connectivity index (χ4v) is 3.74. The Morgan fingerprint density at radius 3 is 2.56 bits per heavy atom. The number of hydrogen-bond acceptors (Lipinski definition) is 2. The van der Waals surface area contributed by atoms with Crippen molar-refractivity contribution in [2.75, 3.05) is 19.6 Å². The van der Waals surface area contributed by atoms with Gasteiger partial charge in [-0.1, -0.05) is 12.8 Å². The Balaban J connectivity index is 1.45. The number of likely N-dealkylation sites (tertiary alicyclic amines) is 1. The maximum Gasteiger partial charge on any atom is 0.234 e. The lowest BCUT2D eigenvalue weighted by atomic mass is 9.96. The maximum atomic E-state index is 11.9. The van der Waals surface area contributed by atoms with Crippen LogP contribution >= 0.6 is 0 Å².